The normalized spacial score (nSPS) is 13.4. The lowest BCUT2D eigenvalue weighted by molar-refractivity contribution is 0.0909. The first-order valence-corrected chi connectivity index (χ1v) is 21.4. The second-order valence-electron chi connectivity index (χ2n) is 17.0. The summed E-state index contributed by atoms with van der Waals surface area (Å²) in [6.07, 6.45) is 0. The fourth-order valence-corrected chi connectivity index (χ4v) is 9.59. The number of rotatable bonds is 6. The molecule has 2 heterocycles. The third-order valence-electron chi connectivity index (χ3n) is 13.0. The van der Waals surface area contributed by atoms with Gasteiger partial charge in [0.25, 0.3) is 23.6 Å². The predicted molar refractivity (Wildman–Crippen MR) is 257 cm³/mol. The van der Waals surface area contributed by atoms with Crippen LogP contribution in [0.4, 0.5) is 11.4 Å². The molecule has 0 fully saturated rings. The van der Waals surface area contributed by atoms with Crippen molar-refractivity contribution >= 4 is 56.5 Å². The zero-order valence-electron chi connectivity index (χ0n) is 35.7. The summed E-state index contributed by atoms with van der Waals surface area (Å²) in [6, 6.07) is 54.8. The van der Waals surface area contributed by atoms with Gasteiger partial charge >= 0.3 is 0 Å². The highest BCUT2D eigenvalue weighted by molar-refractivity contribution is 6.38. The van der Waals surface area contributed by atoms with Crippen LogP contribution < -0.4 is 9.80 Å². The van der Waals surface area contributed by atoms with E-state index in [-0.39, 0.29) is 0 Å². The number of imide groups is 2. The Morgan fingerprint density at radius 3 is 1.08 bits per heavy atom. The maximum atomic E-state index is 15.1. The quantitative estimate of drug-likeness (QED) is 0.156. The molecule has 0 aliphatic carbocycles. The van der Waals surface area contributed by atoms with Gasteiger partial charge in [0.2, 0.25) is 0 Å². The van der Waals surface area contributed by atoms with E-state index in [1.54, 1.807) is 24.3 Å². The van der Waals surface area contributed by atoms with Crippen molar-refractivity contribution in [2.75, 3.05) is 9.80 Å². The lowest BCUT2D eigenvalue weighted by atomic mass is 9.87. The fraction of sp³-hybridized carbons (Fsp3) is 0.0690. The molecule has 2 aliphatic rings. The molecular formula is C58H40N2O4. The minimum atomic E-state index is -0.453. The Balaban J connectivity index is 1.19. The molecular weight excluding hydrogens is 789 g/mol. The molecule has 9 aromatic carbocycles. The number of nitrogens with zero attached hydrogens (tertiary/aromatic N) is 2. The highest BCUT2D eigenvalue weighted by Crippen LogP contribution is 2.50. The second-order valence-corrected chi connectivity index (χ2v) is 17.0. The summed E-state index contributed by atoms with van der Waals surface area (Å²) in [7, 11) is 0. The topological polar surface area (TPSA) is 74.8 Å². The minimum absolute atomic E-state index is 0.304. The lowest BCUT2D eigenvalue weighted by Crippen LogP contribution is -2.32. The van der Waals surface area contributed by atoms with Crippen molar-refractivity contribution in [2.45, 2.75) is 27.7 Å². The van der Waals surface area contributed by atoms with Gasteiger partial charge in [-0.2, -0.15) is 0 Å². The minimum Gasteiger partial charge on any atom is -0.268 e. The van der Waals surface area contributed by atoms with Crippen molar-refractivity contribution in [3.05, 3.63) is 214 Å². The van der Waals surface area contributed by atoms with Crippen LogP contribution in [0.15, 0.2) is 170 Å². The molecule has 0 N–H and O–H groups in total. The number of carbonyl (C=O) groups is 4. The maximum Gasteiger partial charge on any atom is 0.266 e. The summed E-state index contributed by atoms with van der Waals surface area (Å²) in [4.78, 5) is 62.5. The zero-order valence-corrected chi connectivity index (χ0v) is 35.7. The monoisotopic (exact) mass is 828 g/mol. The van der Waals surface area contributed by atoms with E-state index in [1.165, 1.54) is 9.80 Å². The van der Waals surface area contributed by atoms with Crippen molar-refractivity contribution in [2.24, 2.45) is 0 Å². The summed E-state index contributed by atoms with van der Waals surface area (Å²) in [6.45, 7) is 8.05. The van der Waals surface area contributed by atoms with Crippen LogP contribution >= 0.6 is 0 Å². The van der Waals surface area contributed by atoms with Crippen molar-refractivity contribution < 1.29 is 19.2 Å². The third kappa shape index (κ3) is 6.02. The summed E-state index contributed by atoms with van der Waals surface area (Å²) in [5.41, 5.74) is 12.1. The number of carbonyl (C=O) groups excluding carboxylic acids is 4. The van der Waals surface area contributed by atoms with E-state index >= 15 is 9.59 Å². The summed E-state index contributed by atoms with van der Waals surface area (Å²) >= 11 is 0. The van der Waals surface area contributed by atoms with E-state index in [1.807, 2.05) is 173 Å². The smallest absolute Gasteiger partial charge is 0.266 e. The first kappa shape index (κ1) is 38.7. The van der Waals surface area contributed by atoms with Crippen LogP contribution in [0.3, 0.4) is 0 Å². The average molecular weight is 829 g/mol. The Kier molecular flexibility index (Phi) is 8.89. The van der Waals surface area contributed by atoms with E-state index in [0.717, 1.165) is 77.2 Å². The van der Waals surface area contributed by atoms with Gasteiger partial charge in [0.05, 0.1) is 33.6 Å². The SMILES string of the molecule is Cc1ccc(-c2ccc3c(c2)C(=O)N(c2cc(-c4c(C)ccc5ccccc45)c(N4C(=O)c5ccc(-c6ccc(C)cc6)cc5C4=O)cc2-c2c(C)ccc4ccccc24)C3=O)cc1. The maximum absolute atomic E-state index is 15.1. The van der Waals surface area contributed by atoms with Crippen LogP contribution in [0.2, 0.25) is 0 Å². The first-order chi connectivity index (χ1) is 31.0. The molecule has 0 saturated heterocycles. The van der Waals surface area contributed by atoms with Crippen LogP contribution in [-0.2, 0) is 0 Å². The first-order valence-electron chi connectivity index (χ1n) is 21.4. The molecule has 0 saturated carbocycles. The van der Waals surface area contributed by atoms with Crippen LogP contribution in [0.25, 0.3) is 66.1 Å². The van der Waals surface area contributed by atoms with Gasteiger partial charge in [-0.3, -0.25) is 19.2 Å². The van der Waals surface area contributed by atoms with Crippen LogP contribution in [-0.4, -0.2) is 23.6 Å². The van der Waals surface area contributed by atoms with Gasteiger partial charge in [-0.15, -0.1) is 0 Å². The number of anilines is 2. The molecule has 11 rings (SSSR count). The molecule has 306 valence electrons. The highest BCUT2D eigenvalue weighted by atomic mass is 16.2. The molecule has 64 heavy (non-hydrogen) atoms. The van der Waals surface area contributed by atoms with Gasteiger partial charge in [-0.25, -0.2) is 9.80 Å². The molecule has 6 heteroatoms. The van der Waals surface area contributed by atoms with E-state index < -0.39 is 23.6 Å². The Bertz CT molecular complexity index is 3280. The molecule has 0 unspecified atom stereocenters. The fourth-order valence-electron chi connectivity index (χ4n) is 9.59. The molecule has 0 bridgehead atoms. The standard InChI is InChI=1S/C58H40N2O4/c1-33-13-19-37(20-14-33)41-25-27-45-47(29-41)57(63)59(55(45)61)51-31-50(54-36(4)18-24-40-10-6-8-12-44(40)54)52(32-49(51)53-35(3)17-23-39-9-5-7-11-43(39)53)60-56(62)46-28-26-42(30-48(46)58(60)64)38-21-15-34(2)16-22-38/h5-32H,1-4H3. The molecule has 9 aromatic rings. The van der Waals surface area contributed by atoms with Crippen molar-refractivity contribution in [1.82, 2.24) is 0 Å². The number of fused-ring (bicyclic) bond motifs is 4. The number of benzene rings is 9. The number of hydrogen-bond acceptors (Lipinski definition) is 4. The molecule has 2 aliphatic heterocycles. The van der Waals surface area contributed by atoms with Gasteiger partial charge < -0.3 is 0 Å². The number of hydrogen-bond donors (Lipinski definition) is 0. The molecule has 0 aromatic heterocycles. The van der Waals surface area contributed by atoms with Gasteiger partial charge in [-0.05, 0) is 130 Å². The van der Waals surface area contributed by atoms with Crippen molar-refractivity contribution in [3.8, 4) is 44.5 Å². The second kappa shape index (κ2) is 14.7. The van der Waals surface area contributed by atoms with Gasteiger partial charge in [0, 0.05) is 11.1 Å². The Morgan fingerprint density at radius 2 is 0.672 bits per heavy atom. The zero-order chi connectivity index (χ0) is 44.0. The predicted octanol–water partition coefficient (Wildman–Crippen LogP) is 13.5. The number of amides is 4. The van der Waals surface area contributed by atoms with Gasteiger partial charge in [-0.1, -0.05) is 145 Å². The number of aryl methyl sites for hydroxylation is 4. The summed E-state index contributed by atoms with van der Waals surface area (Å²) < 4.78 is 0. The molecule has 0 atom stereocenters. The van der Waals surface area contributed by atoms with Crippen LogP contribution in [0, 0.1) is 27.7 Å². The van der Waals surface area contributed by atoms with Gasteiger partial charge in [0.1, 0.15) is 0 Å². The van der Waals surface area contributed by atoms with Crippen molar-refractivity contribution in [1.29, 1.82) is 0 Å². The molecule has 4 amide bonds. The summed E-state index contributed by atoms with van der Waals surface area (Å²) in [5, 5.41) is 3.71. The van der Waals surface area contributed by atoms with Crippen molar-refractivity contribution in [3.63, 3.8) is 0 Å². The third-order valence-corrected chi connectivity index (χ3v) is 13.0. The molecule has 6 nitrogen and oxygen atoms in total. The Labute approximate surface area is 370 Å². The highest BCUT2D eigenvalue weighted by Gasteiger charge is 2.42. The van der Waals surface area contributed by atoms with E-state index in [2.05, 4.69) is 0 Å². The average Bonchev–Trinajstić information content (AvgIpc) is 3.71. The van der Waals surface area contributed by atoms with E-state index in [0.29, 0.717) is 44.8 Å². The Morgan fingerprint density at radius 1 is 0.312 bits per heavy atom. The van der Waals surface area contributed by atoms with E-state index in [9.17, 15) is 9.59 Å². The molecule has 0 spiro atoms. The van der Waals surface area contributed by atoms with Crippen LogP contribution in [0.5, 0.6) is 0 Å². The van der Waals surface area contributed by atoms with Gasteiger partial charge in [0.15, 0.2) is 0 Å². The van der Waals surface area contributed by atoms with Crippen LogP contribution in [0.1, 0.15) is 63.7 Å². The van der Waals surface area contributed by atoms with E-state index in [4.69, 9.17) is 0 Å². The summed E-state index contributed by atoms with van der Waals surface area (Å²) in [5.74, 6) is -1.81. The largest absolute Gasteiger partial charge is 0.268 e. The molecule has 0 radical (unpaired) electrons. The lowest BCUT2D eigenvalue weighted by Gasteiger charge is -2.27. The Hall–Kier alpha value is -8.22.